The SMILES string of the molecule is CCCCCCCCCCCCc1ccc(Oc2ccc(CCCCCCCCCCCC)cc2S(=O)(=O)O)c(S(=O)(=O)O)c1.[H-].[Na+]. The Morgan fingerprint density at radius 3 is 1.07 bits per heavy atom. The van der Waals surface area contributed by atoms with E-state index in [-0.39, 0.29) is 42.5 Å². The fraction of sp³-hybridized carbons (Fsp3) is 0.667. The number of benzene rings is 2. The van der Waals surface area contributed by atoms with Gasteiger partial charge in [0.25, 0.3) is 20.2 Å². The second kappa shape index (κ2) is 24.2. The zero-order valence-electron chi connectivity index (χ0n) is 29.8. The van der Waals surface area contributed by atoms with Gasteiger partial charge >= 0.3 is 29.6 Å². The smallest absolute Gasteiger partial charge is 1.00 e. The largest absolute Gasteiger partial charge is 1.00 e. The van der Waals surface area contributed by atoms with Crippen molar-refractivity contribution in [3.05, 3.63) is 47.5 Å². The molecule has 0 heterocycles. The Kier molecular flexibility index (Phi) is 22.7. The number of hydrogen-bond donors (Lipinski definition) is 2. The molecule has 0 atom stereocenters. The molecule has 0 aliphatic carbocycles. The molecule has 0 fully saturated rings. The molecule has 10 heteroatoms. The van der Waals surface area contributed by atoms with Gasteiger partial charge in [0.1, 0.15) is 21.3 Å². The first-order valence-electron chi connectivity index (χ1n) is 17.4. The summed E-state index contributed by atoms with van der Waals surface area (Å²) in [6.45, 7) is 4.44. The predicted molar refractivity (Wildman–Crippen MR) is 185 cm³/mol. The summed E-state index contributed by atoms with van der Waals surface area (Å²) in [5.41, 5.74) is 1.49. The third-order valence-electron chi connectivity index (χ3n) is 8.43. The zero-order chi connectivity index (χ0) is 33.0. The van der Waals surface area contributed by atoms with Gasteiger partial charge in [-0.15, -0.1) is 0 Å². The van der Waals surface area contributed by atoms with Crippen LogP contribution < -0.4 is 34.3 Å². The molecule has 0 saturated heterocycles. The van der Waals surface area contributed by atoms with Crippen LogP contribution >= 0.6 is 0 Å². The van der Waals surface area contributed by atoms with Gasteiger partial charge in [0.2, 0.25) is 0 Å². The maximum atomic E-state index is 12.3. The van der Waals surface area contributed by atoms with Gasteiger partial charge in [-0.25, -0.2) is 0 Å². The van der Waals surface area contributed by atoms with Crippen LogP contribution in [-0.4, -0.2) is 25.9 Å². The van der Waals surface area contributed by atoms with E-state index in [0.717, 1.165) is 49.7 Å². The topological polar surface area (TPSA) is 118 Å². The van der Waals surface area contributed by atoms with Gasteiger partial charge in [-0.2, -0.15) is 16.8 Å². The summed E-state index contributed by atoms with van der Waals surface area (Å²) in [6.07, 6.45) is 25.2. The molecule has 2 rings (SSSR count). The van der Waals surface area contributed by atoms with Crippen molar-refractivity contribution >= 4 is 20.2 Å². The number of ether oxygens (including phenoxy) is 1. The van der Waals surface area contributed by atoms with Crippen LogP contribution in [0.5, 0.6) is 11.5 Å². The Morgan fingerprint density at radius 1 is 0.500 bits per heavy atom. The normalized spacial score (nSPS) is 11.8. The molecule has 0 saturated carbocycles. The summed E-state index contributed by atoms with van der Waals surface area (Å²) >= 11 is 0. The summed E-state index contributed by atoms with van der Waals surface area (Å²) in [4.78, 5) is -0.856. The van der Waals surface area contributed by atoms with E-state index in [2.05, 4.69) is 13.8 Å². The minimum absolute atomic E-state index is 0. The Morgan fingerprint density at radius 2 is 0.783 bits per heavy atom. The summed E-state index contributed by atoms with van der Waals surface area (Å²) in [5.74, 6) is -0.395. The number of rotatable bonds is 26. The first-order chi connectivity index (χ1) is 21.6. The van der Waals surface area contributed by atoms with E-state index in [1.165, 1.54) is 114 Å². The average molecular weight is 691 g/mol. The summed E-state index contributed by atoms with van der Waals surface area (Å²) in [5, 5.41) is 0. The van der Waals surface area contributed by atoms with E-state index in [4.69, 9.17) is 4.74 Å². The van der Waals surface area contributed by atoms with Crippen LogP contribution in [0.25, 0.3) is 0 Å². The van der Waals surface area contributed by atoms with Crippen molar-refractivity contribution in [2.75, 3.05) is 0 Å². The van der Waals surface area contributed by atoms with Crippen molar-refractivity contribution in [1.29, 1.82) is 0 Å². The average Bonchev–Trinajstić information content (AvgIpc) is 2.99. The third kappa shape index (κ3) is 18.0. The molecule has 0 bridgehead atoms. The molecule has 258 valence electrons. The first kappa shape index (κ1) is 43.1. The van der Waals surface area contributed by atoms with Crippen molar-refractivity contribution < 1.29 is 61.7 Å². The molecule has 46 heavy (non-hydrogen) atoms. The van der Waals surface area contributed by atoms with E-state index >= 15 is 0 Å². The van der Waals surface area contributed by atoms with Gasteiger partial charge in [-0.3, -0.25) is 9.11 Å². The van der Waals surface area contributed by atoms with Crippen molar-refractivity contribution in [1.82, 2.24) is 0 Å². The minimum atomic E-state index is -4.65. The fourth-order valence-electron chi connectivity index (χ4n) is 5.74. The molecule has 0 aliphatic rings. The quantitative estimate of drug-likeness (QED) is 0.0583. The van der Waals surface area contributed by atoms with Gasteiger partial charge in [-0.1, -0.05) is 142 Å². The van der Waals surface area contributed by atoms with Gasteiger partial charge in [-0.05, 0) is 61.1 Å². The second-order valence-electron chi connectivity index (χ2n) is 12.5. The van der Waals surface area contributed by atoms with Crippen LogP contribution in [0.1, 0.15) is 155 Å². The van der Waals surface area contributed by atoms with E-state index in [0.29, 0.717) is 12.8 Å². The maximum absolute atomic E-state index is 12.3. The van der Waals surface area contributed by atoms with E-state index in [9.17, 15) is 25.9 Å². The van der Waals surface area contributed by atoms with Crippen LogP contribution in [-0.2, 0) is 33.1 Å². The maximum Gasteiger partial charge on any atom is 1.00 e. The van der Waals surface area contributed by atoms with Crippen LogP contribution in [0.2, 0.25) is 0 Å². The monoisotopic (exact) mass is 690 g/mol. The first-order valence-corrected chi connectivity index (χ1v) is 20.3. The van der Waals surface area contributed by atoms with Gasteiger partial charge < -0.3 is 6.16 Å². The molecular formula is C36H59NaO7S2. The molecule has 0 spiro atoms. The number of aryl methyl sites for hydroxylation is 2. The van der Waals surface area contributed by atoms with E-state index in [1.807, 2.05) is 0 Å². The molecule has 0 aliphatic heterocycles. The van der Waals surface area contributed by atoms with Crippen LogP contribution in [0.15, 0.2) is 46.2 Å². The van der Waals surface area contributed by atoms with Crippen LogP contribution in [0.3, 0.4) is 0 Å². The van der Waals surface area contributed by atoms with Crippen LogP contribution in [0, 0.1) is 0 Å². The van der Waals surface area contributed by atoms with Gasteiger partial charge in [0.15, 0.2) is 0 Å². The van der Waals surface area contributed by atoms with Crippen LogP contribution in [0.4, 0.5) is 0 Å². The molecule has 7 nitrogen and oxygen atoms in total. The molecule has 2 aromatic carbocycles. The molecule has 0 amide bonds. The molecule has 0 aromatic heterocycles. The molecular weight excluding hydrogens is 632 g/mol. The van der Waals surface area contributed by atoms with Gasteiger partial charge in [0.05, 0.1) is 0 Å². The molecule has 0 unspecified atom stereocenters. The molecule has 2 aromatic rings. The van der Waals surface area contributed by atoms with Crippen molar-refractivity contribution in [3.8, 4) is 11.5 Å². The van der Waals surface area contributed by atoms with Crippen molar-refractivity contribution in [2.45, 2.75) is 165 Å². The van der Waals surface area contributed by atoms with Gasteiger partial charge in [0, 0.05) is 0 Å². The molecule has 2 N–H and O–H groups in total. The van der Waals surface area contributed by atoms with E-state index < -0.39 is 30.0 Å². The Balaban J connectivity index is 0.0000106. The zero-order valence-corrected chi connectivity index (χ0v) is 32.4. The predicted octanol–water partition coefficient (Wildman–Crippen LogP) is 8.02. The number of unbranched alkanes of at least 4 members (excludes halogenated alkanes) is 18. The Labute approximate surface area is 304 Å². The Bertz CT molecular complexity index is 1230. The minimum Gasteiger partial charge on any atom is -1.00 e. The fourth-order valence-corrected chi connectivity index (χ4v) is 7.07. The summed E-state index contributed by atoms with van der Waals surface area (Å²) < 4.78 is 74.6. The summed E-state index contributed by atoms with van der Waals surface area (Å²) in [6, 6.07) is 9.07. The van der Waals surface area contributed by atoms with Crippen molar-refractivity contribution in [3.63, 3.8) is 0 Å². The Hall–Kier alpha value is -0.940. The summed E-state index contributed by atoms with van der Waals surface area (Å²) in [7, 11) is -9.30. The standard InChI is InChI=1S/C36H58O7S2.Na.H/c1-3-5-7-9-11-13-15-17-19-21-23-31-25-27-33(35(29-31)44(37,38)39)43-34-28-26-32(30-36(34)45(40,41)42)24-22-20-18-16-14-12-10-8-6-4-2;;/h25-30H,3-24H2,1-2H3,(H,37,38,39)(H,40,41,42);;/q;+1;-1. The number of hydrogen-bond acceptors (Lipinski definition) is 5. The van der Waals surface area contributed by atoms with E-state index in [1.54, 1.807) is 12.1 Å². The third-order valence-corrected chi connectivity index (χ3v) is 10.2. The molecule has 0 radical (unpaired) electrons. The van der Waals surface area contributed by atoms with Crippen molar-refractivity contribution in [2.24, 2.45) is 0 Å². The second-order valence-corrected chi connectivity index (χ2v) is 15.3.